The normalized spacial score (nSPS) is 24.0. The number of ketones is 1. The van der Waals surface area contributed by atoms with Crippen LogP contribution in [0.1, 0.15) is 38.3 Å². The standard InChI is InChI=1S/C22H22Cl2N2O/c1-22(2)11-17-20(19(27)12-22)21(14-9-8-13(23)10-15(14)24)26(3)18-7-5-4-6-16(18)25-17/h4-10,20-21H,11-12H2,1-3H3. The molecule has 1 fully saturated rings. The summed E-state index contributed by atoms with van der Waals surface area (Å²) in [7, 11) is 2.01. The lowest BCUT2D eigenvalue weighted by atomic mass is 9.68. The summed E-state index contributed by atoms with van der Waals surface area (Å²) in [5.74, 6) is -0.0882. The molecule has 1 heterocycles. The number of carbonyl (C=O) groups is 1. The van der Waals surface area contributed by atoms with E-state index < -0.39 is 0 Å². The number of anilines is 1. The van der Waals surface area contributed by atoms with Gasteiger partial charge in [0.25, 0.3) is 0 Å². The van der Waals surface area contributed by atoms with Gasteiger partial charge >= 0.3 is 0 Å². The molecule has 2 aromatic carbocycles. The molecule has 2 aromatic rings. The summed E-state index contributed by atoms with van der Waals surface area (Å²) in [6, 6.07) is 13.3. The predicted octanol–water partition coefficient (Wildman–Crippen LogP) is 6.26. The highest BCUT2D eigenvalue weighted by molar-refractivity contribution is 6.35. The first-order valence-corrected chi connectivity index (χ1v) is 9.89. The molecule has 0 radical (unpaired) electrons. The smallest absolute Gasteiger partial charge is 0.144 e. The number of hydrogen-bond donors (Lipinski definition) is 0. The Hall–Kier alpha value is -1.84. The molecular weight excluding hydrogens is 379 g/mol. The third-order valence-electron chi connectivity index (χ3n) is 5.56. The van der Waals surface area contributed by atoms with E-state index in [2.05, 4.69) is 18.7 Å². The Balaban J connectivity index is 1.94. The van der Waals surface area contributed by atoms with Crippen molar-refractivity contribution in [2.45, 2.75) is 32.7 Å². The van der Waals surface area contributed by atoms with E-state index in [9.17, 15) is 4.79 Å². The predicted molar refractivity (Wildman–Crippen MR) is 113 cm³/mol. The molecule has 0 aromatic heterocycles. The number of para-hydroxylation sites is 2. The molecule has 3 nitrogen and oxygen atoms in total. The summed E-state index contributed by atoms with van der Waals surface area (Å²) in [6.07, 6.45) is 1.34. The number of benzene rings is 2. The average Bonchev–Trinajstić information content (AvgIpc) is 2.69. The third-order valence-corrected chi connectivity index (χ3v) is 6.12. The van der Waals surface area contributed by atoms with Crippen molar-refractivity contribution < 1.29 is 4.79 Å². The number of carbonyl (C=O) groups excluding carboxylic acids is 1. The highest BCUT2D eigenvalue weighted by atomic mass is 35.5. The van der Waals surface area contributed by atoms with Crippen LogP contribution in [0, 0.1) is 11.3 Å². The first-order chi connectivity index (χ1) is 12.8. The largest absolute Gasteiger partial charge is 0.365 e. The van der Waals surface area contributed by atoms with Crippen LogP contribution in [-0.4, -0.2) is 18.5 Å². The van der Waals surface area contributed by atoms with Crippen molar-refractivity contribution in [2.24, 2.45) is 16.3 Å². The van der Waals surface area contributed by atoms with Gasteiger partial charge in [0.1, 0.15) is 5.78 Å². The monoisotopic (exact) mass is 400 g/mol. The van der Waals surface area contributed by atoms with E-state index in [1.165, 1.54) is 0 Å². The first-order valence-electron chi connectivity index (χ1n) is 9.14. The van der Waals surface area contributed by atoms with Crippen LogP contribution in [0.2, 0.25) is 10.0 Å². The van der Waals surface area contributed by atoms with Crippen LogP contribution in [-0.2, 0) is 4.79 Å². The summed E-state index contributed by atoms with van der Waals surface area (Å²) in [6.45, 7) is 4.27. The molecule has 27 heavy (non-hydrogen) atoms. The van der Waals surface area contributed by atoms with E-state index >= 15 is 0 Å². The zero-order valence-electron chi connectivity index (χ0n) is 15.7. The van der Waals surface area contributed by atoms with Crippen LogP contribution >= 0.6 is 23.2 Å². The summed E-state index contributed by atoms with van der Waals surface area (Å²) >= 11 is 12.7. The van der Waals surface area contributed by atoms with Crippen molar-refractivity contribution in [1.82, 2.24) is 0 Å². The topological polar surface area (TPSA) is 32.7 Å². The molecule has 0 saturated heterocycles. The Kier molecular flexibility index (Phi) is 4.56. The number of aliphatic imine (C=N–C) groups is 1. The van der Waals surface area contributed by atoms with E-state index in [4.69, 9.17) is 28.2 Å². The van der Waals surface area contributed by atoms with Crippen LogP contribution < -0.4 is 4.90 Å². The number of hydrogen-bond acceptors (Lipinski definition) is 3. The Bertz CT molecular complexity index is 951. The molecule has 4 rings (SSSR count). The fraction of sp³-hybridized carbons (Fsp3) is 0.364. The highest BCUT2D eigenvalue weighted by Crippen LogP contribution is 2.48. The molecule has 5 heteroatoms. The molecule has 2 unspecified atom stereocenters. The van der Waals surface area contributed by atoms with E-state index in [0.717, 1.165) is 29.1 Å². The minimum absolute atomic E-state index is 0.0847. The highest BCUT2D eigenvalue weighted by Gasteiger charge is 2.46. The zero-order valence-corrected chi connectivity index (χ0v) is 17.2. The van der Waals surface area contributed by atoms with Crippen LogP contribution in [0.25, 0.3) is 0 Å². The maximum atomic E-state index is 13.3. The Morgan fingerprint density at radius 2 is 1.85 bits per heavy atom. The van der Waals surface area contributed by atoms with Crippen LogP contribution in [0.5, 0.6) is 0 Å². The number of nitrogens with zero attached hydrogens (tertiary/aromatic N) is 2. The number of rotatable bonds is 1. The van der Waals surface area contributed by atoms with Gasteiger partial charge in [-0.3, -0.25) is 9.79 Å². The molecule has 1 saturated carbocycles. The Labute approximate surface area is 170 Å². The van der Waals surface area contributed by atoms with Gasteiger partial charge in [-0.05, 0) is 41.7 Å². The summed E-state index contributed by atoms with van der Waals surface area (Å²) in [5.41, 5.74) is 3.67. The van der Waals surface area contributed by atoms with Crippen molar-refractivity contribution in [2.75, 3.05) is 11.9 Å². The molecule has 0 bridgehead atoms. The van der Waals surface area contributed by atoms with Crippen LogP contribution in [0.4, 0.5) is 11.4 Å². The zero-order chi connectivity index (χ0) is 19.3. The van der Waals surface area contributed by atoms with Gasteiger partial charge in [0.05, 0.1) is 23.3 Å². The van der Waals surface area contributed by atoms with E-state index in [1.54, 1.807) is 6.07 Å². The number of fused-ring (bicyclic) bond motifs is 2. The van der Waals surface area contributed by atoms with Gasteiger partial charge in [-0.15, -0.1) is 0 Å². The molecule has 1 aliphatic heterocycles. The van der Waals surface area contributed by atoms with E-state index in [-0.39, 0.29) is 23.2 Å². The molecule has 0 N–H and O–H groups in total. The fourth-order valence-electron chi connectivity index (χ4n) is 4.41. The lowest BCUT2D eigenvalue weighted by molar-refractivity contribution is -0.124. The van der Waals surface area contributed by atoms with Crippen molar-refractivity contribution in [1.29, 1.82) is 0 Å². The maximum Gasteiger partial charge on any atom is 0.144 e. The van der Waals surface area contributed by atoms with E-state index in [0.29, 0.717) is 16.5 Å². The lowest BCUT2D eigenvalue weighted by Crippen LogP contribution is -2.44. The second kappa shape index (κ2) is 6.65. The second-order valence-corrected chi connectivity index (χ2v) is 9.12. The van der Waals surface area contributed by atoms with Crippen molar-refractivity contribution in [3.8, 4) is 0 Å². The summed E-state index contributed by atoms with van der Waals surface area (Å²) in [4.78, 5) is 20.4. The van der Waals surface area contributed by atoms with Gasteiger partial charge in [0.15, 0.2) is 0 Å². The number of halogens is 2. The van der Waals surface area contributed by atoms with Gasteiger partial charge in [-0.25, -0.2) is 0 Å². The average molecular weight is 401 g/mol. The molecule has 2 aliphatic rings. The van der Waals surface area contributed by atoms with Gasteiger partial charge in [0.2, 0.25) is 0 Å². The number of Topliss-reactive ketones (excluding diaryl/α,β-unsaturated/α-hetero) is 1. The quantitative estimate of drug-likeness (QED) is 0.565. The van der Waals surface area contributed by atoms with Crippen LogP contribution in [0.15, 0.2) is 47.5 Å². The lowest BCUT2D eigenvalue weighted by Gasteiger charge is -2.40. The summed E-state index contributed by atoms with van der Waals surface area (Å²) in [5, 5.41) is 1.17. The molecule has 0 amide bonds. The Morgan fingerprint density at radius 1 is 1.11 bits per heavy atom. The van der Waals surface area contributed by atoms with Crippen molar-refractivity contribution in [3.63, 3.8) is 0 Å². The van der Waals surface area contributed by atoms with Crippen molar-refractivity contribution >= 4 is 46.1 Å². The minimum Gasteiger partial charge on any atom is -0.365 e. The summed E-state index contributed by atoms with van der Waals surface area (Å²) < 4.78 is 0. The Morgan fingerprint density at radius 3 is 2.59 bits per heavy atom. The molecule has 140 valence electrons. The van der Waals surface area contributed by atoms with Gasteiger partial charge in [0, 0.05) is 29.2 Å². The fourth-order valence-corrected chi connectivity index (χ4v) is 4.93. The molecular formula is C22H22Cl2N2O. The van der Waals surface area contributed by atoms with Gasteiger partial charge in [-0.2, -0.15) is 0 Å². The first kappa shape index (κ1) is 18.5. The molecule has 2 atom stereocenters. The second-order valence-electron chi connectivity index (χ2n) is 8.28. The third kappa shape index (κ3) is 3.28. The molecule has 1 aliphatic carbocycles. The van der Waals surface area contributed by atoms with Gasteiger partial charge < -0.3 is 4.90 Å². The van der Waals surface area contributed by atoms with Gasteiger partial charge in [-0.1, -0.05) is 55.2 Å². The van der Waals surface area contributed by atoms with E-state index in [1.807, 2.05) is 43.4 Å². The SMILES string of the molecule is CN1c2ccccc2N=C2CC(C)(C)CC(=O)C2C1c1ccc(Cl)cc1Cl. The maximum absolute atomic E-state index is 13.3. The van der Waals surface area contributed by atoms with Crippen molar-refractivity contribution in [3.05, 3.63) is 58.1 Å². The minimum atomic E-state index is -0.311. The molecule has 0 spiro atoms. The van der Waals surface area contributed by atoms with Crippen LogP contribution in [0.3, 0.4) is 0 Å².